The molecule has 0 bridgehead atoms. The van der Waals surface area contributed by atoms with Gasteiger partial charge in [0.05, 0.1) is 32.0 Å². The van der Waals surface area contributed by atoms with Crippen molar-refractivity contribution < 1.29 is 64.6 Å². The Kier molecular flexibility index (Phi) is 52.0. The Labute approximate surface area is 532 Å². The van der Waals surface area contributed by atoms with Crippen molar-refractivity contribution in [2.45, 2.75) is 306 Å². The van der Waals surface area contributed by atoms with E-state index in [2.05, 4.69) is 153 Å². The Bertz CT molecular complexity index is 1990. The largest absolute Gasteiger partial charge is 0.394 e. The molecule has 1 amide bonds. The van der Waals surface area contributed by atoms with Gasteiger partial charge < -0.3 is 65.1 Å². The van der Waals surface area contributed by atoms with Gasteiger partial charge in [0.2, 0.25) is 5.91 Å². The Balaban J connectivity index is 1.65. The number of hydrogen-bond acceptors (Lipinski definition) is 13. The molecule has 12 atom stereocenters. The first-order valence-corrected chi connectivity index (χ1v) is 34.4. The van der Waals surface area contributed by atoms with E-state index in [4.69, 9.17) is 18.9 Å². The molecule has 0 aromatic rings. The lowest BCUT2D eigenvalue weighted by molar-refractivity contribution is -0.359. The van der Waals surface area contributed by atoms with Gasteiger partial charge in [-0.15, -0.1) is 0 Å². The number of ether oxygens (including phenoxy) is 4. The zero-order chi connectivity index (χ0) is 63.8. The minimum atomic E-state index is -1.79. The molecular weight excluding hydrogens is 1110 g/mol. The summed E-state index contributed by atoms with van der Waals surface area (Å²) < 4.78 is 22.9. The van der Waals surface area contributed by atoms with Crippen molar-refractivity contribution in [1.82, 2.24) is 5.32 Å². The van der Waals surface area contributed by atoms with E-state index in [1.165, 1.54) is 70.6 Å². The van der Waals surface area contributed by atoms with Crippen LogP contribution in [0.5, 0.6) is 0 Å². The van der Waals surface area contributed by atoms with Crippen LogP contribution in [0.15, 0.2) is 134 Å². The van der Waals surface area contributed by atoms with Crippen LogP contribution in [0, 0.1) is 0 Å². The molecule has 14 heteroatoms. The van der Waals surface area contributed by atoms with E-state index in [-0.39, 0.29) is 18.9 Å². The molecule has 12 unspecified atom stereocenters. The molecule has 2 rings (SSSR count). The Hall–Kier alpha value is -3.87. The zero-order valence-corrected chi connectivity index (χ0v) is 54.4. The number of nitrogens with one attached hydrogen (secondary N) is 1. The molecule has 9 N–H and O–H groups in total. The Morgan fingerprint density at radius 2 is 0.784 bits per heavy atom. The van der Waals surface area contributed by atoms with Gasteiger partial charge in [-0.2, -0.15) is 0 Å². The number of rotatable bonds is 54. The second-order valence-electron chi connectivity index (χ2n) is 23.6. The molecule has 2 fully saturated rings. The van der Waals surface area contributed by atoms with Gasteiger partial charge >= 0.3 is 0 Å². The third-order valence-corrected chi connectivity index (χ3v) is 15.9. The SMILES string of the molecule is CC/C=C\C/C=C\C/C=C\C/C=C\C/C=C\C/C=C\C/C=C\C/C=C\C/C=C\C/C=C\C/C=C\CCCCCCCC(=O)NC(COC1OC(CO)C(OC2OC(CO)C(O)C(O)C2O)C(O)C1O)C(O)CCCCCCCCCCCCCCCCC. The van der Waals surface area contributed by atoms with Crippen molar-refractivity contribution in [2.75, 3.05) is 19.8 Å². The van der Waals surface area contributed by atoms with Crippen LogP contribution in [0.3, 0.4) is 0 Å². The number of aliphatic hydroxyl groups is 8. The molecular formula is C74H123NO13. The number of carbonyl (C=O) groups is 1. The third kappa shape index (κ3) is 40.8. The Morgan fingerprint density at radius 1 is 0.420 bits per heavy atom. The molecule has 14 nitrogen and oxygen atoms in total. The number of unbranched alkanes of at least 4 members (excludes halogenated alkanes) is 19. The molecule has 0 radical (unpaired) electrons. The lowest BCUT2D eigenvalue weighted by atomic mass is 9.97. The van der Waals surface area contributed by atoms with E-state index >= 15 is 0 Å². The molecule has 0 saturated carbocycles. The summed E-state index contributed by atoms with van der Waals surface area (Å²) in [7, 11) is 0. The second kappa shape index (κ2) is 57.1. The summed E-state index contributed by atoms with van der Waals surface area (Å²) in [5, 5.41) is 87.4. The van der Waals surface area contributed by atoms with Crippen molar-refractivity contribution in [3.8, 4) is 0 Å². The zero-order valence-electron chi connectivity index (χ0n) is 54.4. The smallest absolute Gasteiger partial charge is 0.220 e. The van der Waals surface area contributed by atoms with Crippen LogP contribution >= 0.6 is 0 Å². The van der Waals surface area contributed by atoms with Crippen LogP contribution in [0.1, 0.15) is 232 Å². The summed E-state index contributed by atoms with van der Waals surface area (Å²) in [6.07, 6.45) is 67.4. The lowest BCUT2D eigenvalue weighted by Gasteiger charge is -2.46. The number of amides is 1. The molecule has 0 aromatic carbocycles. The Morgan fingerprint density at radius 3 is 1.20 bits per heavy atom. The van der Waals surface area contributed by atoms with E-state index in [0.29, 0.717) is 12.8 Å². The second-order valence-corrected chi connectivity index (χ2v) is 23.6. The standard InChI is InChI=1S/C74H123NO13/c1-3-5-7-9-11-13-15-17-19-20-21-22-23-24-25-26-27-28-29-30-31-32-33-34-35-36-37-38-39-40-41-42-44-46-48-50-52-54-56-58-66(79)75-62(63(78)57-55-53-51-49-47-45-43-18-16-14-12-10-8-6-4-2)61-85-73-71(84)69(82)72(65(60-77)87-73)88-74-70(83)68(81)67(80)64(59-76)86-74/h5,7,11,13,17,19,21-22,24-25,27-28,30-31,33-34,36-37,39-40,42,44,62-65,67-74,76-78,80-84H,3-4,6,8-10,12,14-16,18,20,23,26,29,32,35,38,41,43,45-61H2,1-2H3,(H,75,79)/b7-5-,13-11-,19-17-,22-21-,25-24-,28-27-,31-30-,34-33-,37-36-,40-39-,44-42-. The van der Waals surface area contributed by atoms with Crippen LogP contribution in [0.25, 0.3) is 0 Å². The summed E-state index contributed by atoms with van der Waals surface area (Å²) in [4.78, 5) is 13.3. The van der Waals surface area contributed by atoms with Gasteiger partial charge in [0.15, 0.2) is 12.6 Å². The van der Waals surface area contributed by atoms with Crippen molar-refractivity contribution in [3.05, 3.63) is 134 Å². The first-order valence-electron chi connectivity index (χ1n) is 34.4. The van der Waals surface area contributed by atoms with Gasteiger partial charge in [-0.1, -0.05) is 263 Å². The summed E-state index contributed by atoms with van der Waals surface area (Å²) in [6, 6.07) is -0.849. The predicted octanol–water partition coefficient (Wildman–Crippen LogP) is 13.9. The fourth-order valence-corrected chi connectivity index (χ4v) is 10.4. The maximum absolute atomic E-state index is 13.3. The van der Waals surface area contributed by atoms with E-state index < -0.39 is 86.8 Å². The molecule has 0 spiro atoms. The van der Waals surface area contributed by atoms with Crippen LogP contribution in [-0.4, -0.2) is 140 Å². The van der Waals surface area contributed by atoms with Crippen LogP contribution in [0.4, 0.5) is 0 Å². The van der Waals surface area contributed by atoms with Crippen molar-refractivity contribution >= 4 is 5.91 Å². The first-order chi connectivity index (χ1) is 43.1. The summed E-state index contributed by atoms with van der Waals surface area (Å²) in [6.45, 7) is 2.73. The molecule has 502 valence electrons. The predicted molar refractivity (Wildman–Crippen MR) is 359 cm³/mol. The molecule has 2 heterocycles. The van der Waals surface area contributed by atoms with E-state index in [1.54, 1.807) is 0 Å². The number of carbonyl (C=O) groups excluding carboxylic acids is 1. The quantitative estimate of drug-likeness (QED) is 0.0204. The van der Waals surface area contributed by atoms with E-state index in [0.717, 1.165) is 128 Å². The first kappa shape index (κ1) is 80.2. The monoisotopic (exact) mass is 1230 g/mol. The average molecular weight is 1230 g/mol. The van der Waals surface area contributed by atoms with Gasteiger partial charge in [0.25, 0.3) is 0 Å². The number of allylic oxidation sites excluding steroid dienone is 22. The normalized spacial score (nSPS) is 24.0. The highest BCUT2D eigenvalue weighted by molar-refractivity contribution is 5.76. The fraction of sp³-hybridized carbons (Fsp3) is 0.689. The van der Waals surface area contributed by atoms with Crippen LogP contribution in [-0.2, 0) is 23.7 Å². The topological polar surface area (TPSA) is 228 Å². The number of aliphatic hydroxyl groups excluding tert-OH is 8. The molecule has 2 aliphatic heterocycles. The lowest BCUT2D eigenvalue weighted by Crippen LogP contribution is -2.65. The van der Waals surface area contributed by atoms with Gasteiger partial charge in [0.1, 0.15) is 48.8 Å². The van der Waals surface area contributed by atoms with Crippen molar-refractivity contribution in [3.63, 3.8) is 0 Å². The van der Waals surface area contributed by atoms with Gasteiger partial charge in [-0.05, 0) is 96.3 Å². The van der Waals surface area contributed by atoms with Gasteiger partial charge in [0, 0.05) is 6.42 Å². The van der Waals surface area contributed by atoms with Crippen molar-refractivity contribution in [2.24, 2.45) is 0 Å². The molecule has 2 aliphatic rings. The average Bonchev–Trinajstić information content (AvgIpc) is 2.99. The maximum Gasteiger partial charge on any atom is 0.220 e. The summed E-state index contributed by atoms with van der Waals surface area (Å²) >= 11 is 0. The highest BCUT2D eigenvalue weighted by Gasteiger charge is 2.51. The van der Waals surface area contributed by atoms with E-state index in [1.807, 2.05) is 0 Å². The molecule has 0 aliphatic carbocycles. The van der Waals surface area contributed by atoms with Gasteiger partial charge in [-0.25, -0.2) is 0 Å². The van der Waals surface area contributed by atoms with Crippen LogP contribution in [0.2, 0.25) is 0 Å². The molecule has 88 heavy (non-hydrogen) atoms. The highest BCUT2D eigenvalue weighted by atomic mass is 16.7. The van der Waals surface area contributed by atoms with E-state index in [9.17, 15) is 45.6 Å². The highest BCUT2D eigenvalue weighted by Crippen LogP contribution is 2.30. The summed E-state index contributed by atoms with van der Waals surface area (Å²) in [5.41, 5.74) is 0. The molecule has 2 saturated heterocycles. The summed E-state index contributed by atoms with van der Waals surface area (Å²) in [5.74, 6) is -0.230. The minimum Gasteiger partial charge on any atom is -0.394 e. The van der Waals surface area contributed by atoms with Crippen molar-refractivity contribution in [1.29, 1.82) is 0 Å². The van der Waals surface area contributed by atoms with Gasteiger partial charge in [-0.3, -0.25) is 4.79 Å². The maximum atomic E-state index is 13.3. The van der Waals surface area contributed by atoms with Crippen LogP contribution < -0.4 is 5.32 Å². The fourth-order valence-electron chi connectivity index (χ4n) is 10.4. The number of hydrogen-bond donors (Lipinski definition) is 9. The minimum absolute atomic E-state index is 0.230. The third-order valence-electron chi connectivity index (χ3n) is 15.9. The molecule has 0 aromatic heterocycles.